The van der Waals surface area contributed by atoms with E-state index in [-0.39, 0.29) is 18.0 Å². The number of methoxy groups -OCH3 is 1. The third kappa shape index (κ3) is 6.05. The molecule has 0 radical (unpaired) electrons. The van der Waals surface area contributed by atoms with Crippen molar-refractivity contribution in [3.05, 3.63) is 35.4 Å². The normalized spacial score (nSPS) is 21.4. The van der Waals surface area contributed by atoms with E-state index in [4.69, 9.17) is 4.74 Å². The van der Waals surface area contributed by atoms with E-state index in [0.717, 1.165) is 38.5 Å². The van der Waals surface area contributed by atoms with Crippen LogP contribution in [-0.2, 0) is 16.0 Å². The first-order chi connectivity index (χ1) is 14.1. The molecule has 0 bridgehead atoms. The monoisotopic (exact) mass is 401 g/mol. The molecule has 29 heavy (non-hydrogen) atoms. The van der Waals surface area contributed by atoms with Gasteiger partial charge < -0.3 is 14.7 Å². The van der Waals surface area contributed by atoms with E-state index in [2.05, 4.69) is 0 Å². The number of ether oxygens (including phenoxy) is 1. The zero-order valence-corrected chi connectivity index (χ0v) is 17.6. The molecular weight excluding hydrogens is 366 g/mol. The average molecular weight is 402 g/mol. The van der Waals surface area contributed by atoms with Gasteiger partial charge in [-0.25, -0.2) is 4.79 Å². The van der Waals surface area contributed by atoms with Gasteiger partial charge in [0.05, 0.1) is 18.8 Å². The van der Waals surface area contributed by atoms with Gasteiger partial charge in [-0.05, 0) is 68.6 Å². The van der Waals surface area contributed by atoms with E-state index in [1.165, 1.54) is 31.9 Å². The molecule has 1 aromatic carbocycles. The Bertz CT molecular complexity index is 666. The first kappa shape index (κ1) is 21.8. The third-order valence-electron chi connectivity index (χ3n) is 6.69. The van der Waals surface area contributed by atoms with Crippen LogP contribution in [0, 0.1) is 5.92 Å². The first-order valence-corrected chi connectivity index (χ1v) is 11.2. The fourth-order valence-electron chi connectivity index (χ4n) is 4.89. The molecule has 1 amide bonds. The van der Waals surface area contributed by atoms with Crippen LogP contribution in [0.4, 0.5) is 0 Å². The summed E-state index contributed by atoms with van der Waals surface area (Å²) >= 11 is 0. The Kier molecular flexibility index (Phi) is 8.10. The summed E-state index contributed by atoms with van der Waals surface area (Å²) in [6.45, 7) is 0.689. The summed E-state index contributed by atoms with van der Waals surface area (Å²) in [6, 6.07) is 7.86. The fourth-order valence-corrected chi connectivity index (χ4v) is 4.89. The van der Waals surface area contributed by atoms with Crippen molar-refractivity contribution in [1.29, 1.82) is 0 Å². The van der Waals surface area contributed by atoms with Crippen LogP contribution in [0.2, 0.25) is 0 Å². The molecule has 3 rings (SSSR count). The van der Waals surface area contributed by atoms with Crippen LogP contribution in [0.15, 0.2) is 24.3 Å². The Labute approximate surface area is 174 Å². The molecule has 1 aliphatic carbocycles. The second kappa shape index (κ2) is 10.8. The predicted molar refractivity (Wildman–Crippen MR) is 113 cm³/mol. The third-order valence-corrected chi connectivity index (χ3v) is 6.69. The van der Waals surface area contributed by atoms with Crippen molar-refractivity contribution in [3.63, 3.8) is 0 Å². The maximum Gasteiger partial charge on any atom is 0.337 e. The Morgan fingerprint density at radius 1 is 1.17 bits per heavy atom. The van der Waals surface area contributed by atoms with E-state index in [0.29, 0.717) is 36.9 Å². The lowest BCUT2D eigenvalue weighted by molar-refractivity contribution is -0.129. The van der Waals surface area contributed by atoms with Crippen molar-refractivity contribution in [2.75, 3.05) is 13.7 Å². The number of carbonyl (C=O) groups excluding carboxylic acids is 2. The molecule has 1 saturated carbocycles. The lowest BCUT2D eigenvalue weighted by atomic mass is 9.84. The number of hydrogen-bond acceptors (Lipinski definition) is 4. The smallest absolute Gasteiger partial charge is 0.337 e. The SMILES string of the molecule is COC(=O)c1ccc(CCC[C@H]2CCC(=O)N2CC[C@@H](O)C2CCCCC2)cc1. The molecule has 5 heteroatoms. The van der Waals surface area contributed by atoms with Gasteiger partial charge in [-0.1, -0.05) is 31.4 Å². The average Bonchev–Trinajstić information content (AvgIpc) is 3.12. The number of benzene rings is 1. The summed E-state index contributed by atoms with van der Waals surface area (Å²) in [5, 5.41) is 10.5. The highest BCUT2D eigenvalue weighted by atomic mass is 16.5. The van der Waals surface area contributed by atoms with E-state index < -0.39 is 0 Å². The van der Waals surface area contributed by atoms with Crippen molar-refractivity contribution >= 4 is 11.9 Å². The van der Waals surface area contributed by atoms with E-state index in [9.17, 15) is 14.7 Å². The zero-order chi connectivity index (χ0) is 20.6. The van der Waals surface area contributed by atoms with Crippen molar-refractivity contribution in [2.24, 2.45) is 5.92 Å². The molecule has 1 aliphatic heterocycles. The lowest BCUT2D eigenvalue weighted by Gasteiger charge is -2.30. The van der Waals surface area contributed by atoms with Crippen molar-refractivity contribution in [1.82, 2.24) is 4.90 Å². The molecule has 2 atom stereocenters. The maximum absolute atomic E-state index is 12.3. The minimum absolute atomic E-state index is 0.244. The minimum Gasteiger partial charge on any atom is -0.465 e. The number of hydrogen-bond donors (Lipinski definition) is 1. The highest BCUT2D eigenvalue weighted by molar-refractivity contribution is 5.89. The first-order valence-electron chi connectivity index (χ1n) is 11.2. The zero-order valence-electron chi connectivity index (χ0n) is 17.6. The van der Waals surface area contributed by atoms with Crippen molar-refractivity contribution in [3.8, 4) is 0 Å². The number of esters is 1. The highest BCUT2D eigenvalue weighted by Crippen LogP contribution is 2.29. The summed E-state index contributed by atoms with van der Waals surface area (Å²) < 4.78 is 4.73. The Balaban J connectivity index is 1.43. The van der Waals surface area contributed by atoms with Gasteiger partial charge in [0.15, 0.2) is 0 Å². The molecule has 2 fully saturated rings. The molecule has 0 aromatic heterocycles. The summed E-state index contributed by atoms with van der Waals surface area (Å²) in [5.74, 6) is 0.355. The van der Waals surface area contributed by atoms with Crippen LogP contribution in [0.3, 0.4) is 0 Å². The van der Waals surface area contributed by atoms with Crippen molar-refractivity contribution < 1.29 is 19.4 Å². The Morgan fingerprint density at radius 2 is 1.90 bits per heavy atom. The molecule has 1 aromatic rings. The van der Waals surface area contributed by atoms with Gasteiger partial charge in [-0.2, -0.15) is 0 Å². The molecule has 5 nitrogen and oxygen atoms in total. The number of nitrogens with zero attached hydrogens (tertiary/aromatic N) is 1. The Hall–Kier alpha value is -1.88. The predicted octanol–water partition coefficient (Wildman–Crippen LogP) is 4.12. The van der Waals surface area contributed by atoms with Crippen LogP contribution in [0.1, 0.15) is 80.1 Å². The van der Waals surface area contributed by atoms with Gasteiger partial charge in [-0.15, -0.1) is 0 Å². The highest BCUT2D eigenvalue weighted by Gasteiger charge is 2.31. The minimum atomic E-state index is -0.313. The topological polar surface area (TPSA) is 66.8 Å². The number of amides is 1. The van der Waals surface area contributed by atoms with E-state index >= 15 is 0 Å². The number of rotatable bonds is 9. The second-order valence-corrected chi connectivity index (χ2v) is 8.61. The molecule has 2 aliphatic rings. The number of aryl methyl sites for hydroxylation is 1. The van der Waals surface area contributed by atoms with Crippen molar-refractivity contribution in [2.45, 2.75) is 82.8 Å². The fraction of sp³-hybridized carbons (Fsp3) is 0.667. The molecule has 1 heterocycles. The molecule has 1 saturated heterocycles. The summed E-state index contributed by atoms with van der Waals surface area (Å²) in [6.07, 6.45) is 11.0. The van der Waals surface area contributed by atoms with Crippen LogP contribution in [0.5, 0.6) is 0 Å². The summed E-state index contributed by atoms with van der Waals surface area (Å²) in [4.78, 5) is 25.9. The van der Waals surface area contributed by atoms with Crippen LogP contribution >= 0.6 is 0 Å². The number of carbonyl (C=O) groups is 2. The van der Waals surface area contributed by atoms with Gasteiger partial charge >= 0.3 is 5.97 Å². The van der Waals surface area contributed by atoms with Crippen LogP contribution < -0.4 is 0 Å². The molecule has 160 valence electrons. The standard InChI is InChI=1S/C24H35NO4/c1-29-24(28)20-12-10-18(11-13-20)6-5-9-21-14-15-23(27)25(21)17-16-22(26)19-7-3-2-4-8-19/h10-13,19,21-22,26H,2-9,14-17H2,1H3/t21-,22+/m0/s1. The molecule has 0 unspecified atom stereocenters. The maximum atomic E-state index is 12.3. The summed E-state index contributed by atoms with van der Waals surface area (Å²) in [7, 11) is 1.39. The van der Waals surface area contributed by atoms with Crippen LogP contribution in [-0.4, -0.2) is 47.7 Å². The summed E-state index contributed by atoms with van der Waals surface area (Å²) in [5.41, 5.74) is 1.77. The molecule has 1 N–H and O–H groups in total. The lowest BCUT2D eigenvalue weighted by Crippen LogP contribution is -2.36. The van der Waals surface area contributed by atoms with Crippen LogP contribution in [0.25, 0.3) is 0 Å². The second-order valence-electron chi connectivity index (χ2n) is 8.61. The molecular formula is C24H35NO4. The van der Waals surface area contributed by atoms with Gasteiger partial charge in [-0.3, -0.25) is 4.79 Å². The van der Waals surface area contributed by atoms with E-state index in [1.807, 2.05) is 17.0 Å². The number of aliphatic hydroxyl groups is 1. The van der Waals surface area contributed by atoms with Gasteiger partial charge in [0.25, 0.3) is 0 Å². The molecule has 0 spiro atoms. The largest absolute Gasteiger partial charge is 0.465 e. The number of likely N-dealkylation sites (tertiary alicyclic amines) is 1. The Morgan fingerprint density at radius 3 is 2.59 bits per heavy atom. The van der Waals surface area contributed by atoms with E-state index in [1.54, 1.807) is 12.1 Å². The van der Waals surface area contributed by atoms with Gasteiger partial charge in [0.1, 0.15) is 0 Å². The van der Waals surface area contributed by atoms with Gasteiger partial charge in [0, 0.05) is 19.0 Å². The quantitative estimate of drug-likeness (QED) is 0.632. The number of aliphatic hydroxyl groups excluding tert-OH is 1. The van der Waals surface area contributed by atoms with Gasteiger partial charge in [0.2, 0.25) is 5.91 Å².